The van der Waals surface area contributed by atoms with Crippen molar-refractivity contribution in [2.75, 3.05) is 0 Å². The van der Waals surface area contributed by atoms with Gasteiger partial charge in [0.25, 0.3) is 0 Å². The van der Waals surface area contributed by atoms with E-state index in [2.05, 4.69) is 11.4 Å². The Labute approximate surface area is 64.1 Å². The quantitative estimate of drug-likeness (QED) is 0.486. The van der Waals surface area contributed by atoms with Gasteiger partial charge in [0, 0.05) is 22.8 Å². The van der Waals surface area contributed by atoms with E-state index in [0.29, 0.717) is 5.56 Å². The van der Waals surface area contributed by atoms with Crippen LogP contribution in [0.4, 0.5) is 0 Å². The highest BCUT2D eigenvalue weighted by Gasteiger charge is 1.94. The zero-order valence-corrected chi connectivity index (χ0v) is 5.78. The highest BCUT2D eigenvalue weighted by Crippen LogP contribution is 1.88. The molecule has 0 saturated carbocycles. The first kappa shape index (κ1) is 5.99. The van der Waals surface area contributed by atoms with Crippen LogP contribution in [0.25, 0.3) is 12.4 Å². The summed E-state index contributed by atoms with van der Waals surface area (Å²) in [5.41, 5.74) is 0.686. The Morgan fingerprint density at radius 3 is 2.82 bits per heavy atom. The smallest absolute Gasteiger partial charge is 0.0991 e. The maximum absolute atomic E-state index is 8.56. The number of nitrogens with zero attached hydrogens (tertiary/aromatic N) is 2. The van der Waals surface area contributed by atoms with E-state index < -0.39 is 0 Å². The molecule has 1 aliphatic rings. The first-order valence-corrected chi connectivity index (χ1v) is 3.31. The van der Waals surface area contributed by atoms with E-state index in [1.54, 1.807) is 18.5 Å². The molecule has 51 valence electrons. The number of hydrogen-bond donors (Lipinski definition) is 0. The van der Waals surface area contributed by atoms with Gasteiger partial charge in [0.2, 0.25) is 0 Å². The molecule has 2 nitrogen and oxygen atoms in total. The lowest BCUT2D eigenvalue weighted by atomic mass is 10.2. The van der Waals surface area contributed by atoms with E-state index in [1.165, 1.54) is 0 Å². The molecule has 11 heavy (non-hydrogen) atoms. The van der Waals surface area contributed by atoms with Gasteiger partial charge in [-0.3, -0.25) is 5.32 Å². The van der Waals surface area contributed by atoms with E-state index in [-0.39, 0.29) is 0 Å². The van der Waals surface area contributed by atoms with Gasteiger partial charge < -0.3 is 0 Å². The molecule has 2 rings (SSSR count). The molecule has 0 atom stereocenters. The summed E-state index contributed by atoms with van der Waals surface area (Å²) in [6.07, 6.45) is 3.55. The van der Waals surface area contributed by atoms with Gasteiger partial charge >= 0.3 is 0 Å². The van der Waals surface area contributed by atoms with Gasteiger partial charge in [-0.1, -0.05) is 6.07 Å². The molecule has 1 aliphatic heterocycles. The lowest BCUT2D eigenvalue weighted by Crippen LogP contribution is -2.20. The van der Waals surface area contributed by atoms with Crippen LogP contribution < -0.4 is 15.8 Å². The summed E-state index contributed by atoms with van der Waals surface area (Å²) in [5, 5.41) is 14.7. The SMILES string of the molecule is N#Cc1ccc2c(c1)=C[N]C=2. The molecule has 1 radical (unpaired) electrons. The maximum atomic E-state index is 8.56. The van der Waals surface area contributed by atoms with Crippen LogP contribution in [0.2, 0.25) is 0 Å². The third-order valence-electron chi connectivity index (χ3n) is 1.64. The molecule has 1 aromatic rings. The van der Waals surface area contributed by atoms with Crippen LogP contribution >= 0.6 is 0 Å². The molecule has 0 fully saturated rings. The minimum absolute atomic E-state index is 0.686. The zero-order chi connectivity index (χ0) is 7.68. The summed E-state index contributed by atoms with van der Waals surface area (Å²) < 4.78 is 0. The van der Waals surface area contributed by atoms with Crippen LogP contribution in [0.1, 0.15) is 5.56 Å². The second-order valence-corrected chi connectivity index (χ2v) is 2.36. The summed E-state index contributed by atoms with van der Waals surface area (Å²) in [5.74, 6) is 0. The predicted molar refractivity (Wildman–Crippen MR) is 41.5 cm³/mol. The molecule has 1 aromatic carbocycles. The molecule has 2 heteroatoms. The summed E-state index contributed by atoms with van der Waals surface area (Å²) >= 11 is 0. The first-order valence-electron chi connectivity index (χ1n) is 3.31. The second kappa shape index (κ2) is 2.14. The van der Waals surface area contributed by atoms with Gasteiger partial charge in [0.05, 0.1) is 11.6 Å². The third-order valence-corrected chi connectivity index (χ3v) is 1.64. The molecule has 0 amide bonds. The molecule has 1 heterocycles. The van der Waals surface area contributed by atoms with Crippen molar-refractivity contribution in [2.24, 2.45) is 0 Å². The first-order chi connectivity index (χ1) is 5.40. The van der Waals surface area contributed by atoms with Crippen molar-refractivity contribution < 1.29 is 0 Å². The molecular formula is C9H5N2. The fraction of sp³-hybridized carbons (Fsp3) is 0. The predicted octanol–water partition coefficient (Wildman–Crippen LogP) is -0.348. The average molecular weight is 141 g/mol. The molecule has 0 aromatic heterocycles. The van der Waals surface area contributed by atoms with Crippen molar-refractivity contribution in [1.82, 2.24) is 5.32 Å². The van der Waals surface area contributed by atoms with E-state index in [4.69, 9.17) is 5.26 Å². The second-order valence-electron chi connectivity index (χ2n) is 2.36. The van der Waals surface area contributed by atoms with Gasteiger partial charge in [-0.15, -0.1) is 0 Å². The molecule has 0 saturated heterocycles. The maximum Gasteiger partial charge on any atom is 0.0991 e. The van der Waals surface area contributed by atoms with Crippen LogP contribution in [0.15, 0.2) is 18.2 Å². The van der Waals surface area contributed by atoms with Gasteiger partial charge in [0.15, 0.2) is 0 Å². The van der Waals surface area contributed by atoms with Gasteiger partial charge in [-0.05, 0) is 12.1 Å². The fourth-order valence-electron chi connectivity index (χ4n) is 1.07. The number of benzene rings is 1. The van der Waals surface area contributed by atoms with Crippen molar-refractivity contribution in [3.05, 3.63) is 34.2 Å². The Morgan fingerprint density at radius 1 is 1.18 bits per heavy atom. The number of rotatable bonds is 0. The molecule has 0 unspecified atom stereocenters. The Morgan fingerprint density at radius 2 is 2.00 bits per heavy atom. The third kappa shape index (κ3) is 0.870. The topological polar surface area (TPSA) is 37.9 Å². The van der Waals surface area contributed by atoms with Crippen molar-refractivity contribution in [3.8, 4) is 6.07 Å². The van der Waals surface area contributed by atoms with Crippen molar-refractivity contribution >= 4 is 12.4 Å². The average Bonchev–Trinajstić information content (AvgIpc) is 2.50. The Balaban J connectivity index is 2.81. The Kier molecular flexibility index (Phi) is 1.16. The standard InChI is InChI=1S/C9H5N2/c10-4-7-1-2-8-5-11-6-9(8)3-7/h1-3,5-6H. The van der Waals surface area contributed by atoms with E-state index >= 15 is 0 Å². The van der Waals surface area contributed by atoms with Gasteiger partial charge in [0.1, 0.15) is 0 Å². The van der Waals surface area contributed by atoms with E-state index in [1.807, 2.05) is 12.1 Å². The minimum atomic E-state index is 0.686. The van der Waals surface area contributed by atoms with Crippen LogP contribution in [0.3, 0.4) is 0 Å². The van der Waals surface area contributed by atoms with Crippen LogP contribution in [-0.4, -0.2) is 0 Å². The zero-order valence-electron chi connectivity index (χ0n) is 5.78. The molecule has 0 spiro atoms. The normalized spacial score (nSPS) is 11.9. The van der Waals surface area contributed by atoms with Crippen molar-refractivity contribution in [3.63, 3.8) is 0 Å². The van der Waals surface area contributed by atoms with E-state index in [0.717, 1.165) is 10.4 Å². The summed E-state index contributed by atoms with van der Waals surface area (Å²) in [6, 6.07) is 7.62. The lowest BCUT2D eigenvalue weighted by Gasteiger charge is -1.84. The minimum Gasteiger partial charge on any atom is -0.263 e. The van der Waals surface area contributed by atoms with Crippen molar-refractivity contribution in [2.45, 2.75) is 0 Å². The van der Waals surface area contributed by atoms with Crippen molar-refractivity contribution in [1.29, 1.82) is 5.26 Å². The van der Waals surface area contributed by atoms with Crippen LogP contribution in [0.5, 0.6) is 0 Å². The number of nitriles is 1. The highest BCUT2D eigenvalue weighted by atomic mass is 14.8. The molecule has 0 aliphatic carbocycles. The summed E-state index contributed by atoms with van der Waals surface area (Å²) in [6.45, 7) is 0. The largest absolute Gasteiger partial charge is 0.263 e. The van der Waals surface area contributed by atoms with Gasteiger partial charge in [-0.2, -0.15) is 5.26 Å². The summed E-state index contributed by atoms with van der Waals surface area (Å²) in [7, 11) is 0. The monoisotopic (exact) mass is 141 g/mol. The summed E-state index contributed by atoms with van der Waals surface area (Å²) in [4.78, 5) is 0. The lowest BCUT2D eigenvalue weighted by molar-refractivity contribution is 1.39. The molecule has 0 N–H and O–H groups in total. The molecular weight excluding hydrogens is 136 g/mol. The van der Waals surface area contributed by atoms with Gasteiger partial charge in [-0.25, -0.2) is 0 Å². The fourth-order valence-corrected chi connectivity index (χ4v) is 1.07. The highest BCUT2D eigenvalue weighted by molar-refractivity contribution is 5.45. The van der Waals surface area contributed by atoms with Crippen LogP contribution in [-0.2, 0) is 0 Å². The van der Waals surface area contributed by atoms with Crippen LogP contribution in [0, 0.1) is 11.3 Å². The number of fused-ring (bicyclic) bond motifs is 1. The van der Waals surface area contributed by atoms with E-state index in [9.17, 15) is 0 Å². The Bertz CT molecular complexity index is 438. The Hall–Kier alpha value is -1.75. The molecule has 0 bridgehead atoms. The number of hydrogen-bond acceptors (Lipinski definition) is 1.